The van der Waals surface area contributed by atoms with E-state index < -0.39 is 0 Å². The maximum atomic E-state index is 11.6. The van der Waals surface area contributed by atoms with Gasteiger partial charge >= 0.3 is 0 Å². The quantitative estimate of drug-likeness (QED) is 0.688. The number of carbonyl (C=O) groups is 1. The molecule has 0 fully saturated rings. The lowest BCUT2D eigenvalue weighted by Gasteiger charge is -2.10. The molecular weight excluding hydrogens is 196 g/mol. The van der Waals surface area contributed by atoms with Crippen molar-refractivity contribution in [1.29, 1.82) is 0 Å². The summed E-state index contributed by atoms with van der Waals surface area (Å²) < 4.78 is 0. The summed E-state index contributed by atoms with van der Waals surface area (Å²) in [6.07, 6.45) is 0. The lowest BCUT2D eigenvalue weighted by molar-refractivity contribution is 0.101. The molecule has 0 saturated carbocycles. The van der Waals surface area contributed by atoms with Crippen molar-refractivity contribution in [3.8, 4) is 11.1 Å². The minimum atomic E-state index is 0.113. The largest absolute Gasteiger partial charge is 0.294 e. The number of benzene rings is 2. The molecule has 0 N–H and O–H groups in total. The number of hydrogen-bond acceptors (Lipinski definition) is 1. The monoisotopic (exact) mass is 210 g/mol. The second-order valence-corrected chi connectivity index (χ2v) is 3.92. The number of hydrogen-bond donors (Lipinski definition) is 0. The Hall–Kier alpha value is -1.89. The molecule has 0 aliphatic rings. The topological polar surface area (TPSA) is 17.1 Å². The summed E-state index contributed by atoms with van der Waals surface area (Å²) in [6.45, 7) is 3.65. The van der Waals surface area contributed by atoms with Gasteiger partial charge in [-0.1, -0.05) is 48.5 Å². The van der Waals surface area contributed by atoms with Crippen LogP contribution in [0.15, 0.2) is 48.5 Å². The summed E-state index contributed by atoms with van der Waals surface area (Å²) in [5.74, 6) is 0.113. The van der Waals surface area contributed by atoms with Crippen molar-refractivity contribution in [2.24, 2.45) is 0 Å². The van der Waals surface area contributed by atoms with Crippen LogP contribution >= 0.6 is 0 Å². The Morgan fingerprint density at radius 3 is 2.25 bits per heavy atom. The van der Waals surface area contributed by atoms with E-state index in [9.17, 15) is 4.79 Å². The van der Waals surface area contributed by atoms with Crippen LogP contribution in [0, 0.1) is 6.92 Å². The maximum Gasteiger partial charge on any atom is 0.160 e. The highest BCUT2D eigenvalue weighted by molar-refractivity contribution is 6.01. The summed E-state index contributed by atoms with van der Waals surface area (Å²) in [5.41, 5.74) is 4.09. The summed E-state index contributed by atoms with van der Waals surface area (Å²) >= 11 is 0. The zero-order chi connectivity index (χ0) is 11.5. The molecule has 80 valence electrons. The van der Waals surface area contributed by atoms with Crippen LogP contribution in [0.2, 0.25) is 0 Å². The van der Waals surface area contributed by atoms with Crippen LogP contribution < -0.4 is 0 Å². The fourth-order valence-corrected chi connectivity index (χ4v) is 1.95. The van der Waals surface area contributed by atoms with Gasteiger partial charge in [-0.3, -0.25) is 4.79 Å². The highest BCUT2D eigenvalue weighted by atomic mass is 16.1. The molecular formula is C15H14O. The molecule has 0 radical (unpaired) electrons. The number of Topliss-reactive ketones (excluding diaryl/α,β-unsaturated/α-hetero) is 1. The molecule has 1 heteroatoms. The van der Waals surface area contributed by atoms with Crippen molar-refractivity contribution in [1.82, 2.24) is 0 Å². The highest BCUT2D eigenvalue weighted by Crippen LogP contribution is 2.27. The van der Waals surface area contributed by atoms with Gasteiger partial charge in [0.25, 0.3) is 0 Å². The number of ketones is 1. The van der Waals surface area contributed by atoms with Gasteiger partial charge in [0.2, 0.25) is 0 Å². The van der Waals surface area contributed by atoms with Crippen LogP contribution in [0.25, 0.3) is 11.1 Å². The first kappa shape index (κ1) is 10.6. The molecule has 0 spiro atoms. The van der Waals surface area contributed by atoms with Crippen molar-refractivity contribution in [3.63, 3.8) is 0 Å². The molecule has 0 unspecified atom stereocenters. The van der Waals surface area contributed by atoms with Gasteiger partial charge in [-0.15, -0.1) is 0 Å². The summed E-state index contributed by atoms with van der Waals surface area (Å²) in [6, 6.07) is 15.9. The van der Waals surface area contributed by atoms with E-state index in [0.29, 0.717) is 0 Å². The molecule has 0 saturated heterocycles. The van der Waals surface area contributed by atoms with Gasteiger partial charge in [-0.25, -0.2) is 0 Å². The number of rotatable bonds is 2. The molecule has 2 rings (SSSR count). The average Bonchev–Trinajstić information content (AvgIpc) is 2.29. The van der Waals surface area contributed by atoms with E-state index >= 15 is 0 Å². The molecule has 0 aromatic heterocycles. The lowest BCUT2D eigenvalue weighted by Crippen LogP contribution is -1.97. The molecule has 2 aromatic carbocycles. The van der Waals surface area contributed by atoms with Crippen LogP contribution in [0.4, 0.5) is 0 Å². The van der Waals surface area contributed by atoms with Crippen molar-refractivity contribution in [3.05, 3.63) is 59.7 Å². The third kappa shape index (κ3) is 1.89. The van der Waals surface area contributed by atoms with E-state index in [1.807, 2.05) is 55.5 Å². The lowest BCUT2D eigenvalue weighted by atomic mass is 9.93. The van der Waals surface area contributed by atoms with Crippen LogP contribution in [-0.2, 0) is 0 Å². The Kier molecular flexibility index (Phi) is 2.86. The molecule has 2 aromatic rings. The second kappa shape index (κ2) is 4.31. The molecule has 0 atom stereocenters. The van der Waals surface area contributed by atoms with Gasteiger partial charge < -0.3 is 0 Å². The molecule has 0 heterocycles. The molecule has 1 nitrogen and oxygen atoms in total. The first-order chi connectivity index (χ1) is 7.70. The highest BCUT2D eigenvalue weighted by Gasteiger charge is 2.10. The Morgan fingerprint density at radius 1 is 0.938 bits per heavy atom. The summed E-state index contributed by atoms with van der Waals surface area (Å²) in [5, 5.41) is 0. The van der Waals surface area contributed by atoms with E-state index in [1.54, 1.807) is 6.92 Å². The first-order valence-corrected chi connectivity index (χ1v) is 5.36. The standard InChI is InChI=1S/C15H14O/c1-11-7-6-10-14(12(2)16)15(11)13-8-4-3-5-9-13/h3-10H,1-2H3. The second-order valence-electron chi connectivity index (χ2n) is 3.92. The molecule has 0 bridgehead atoms. The van der Waals surface area contributed by atoms with Crippen molar-refractivity contribution < 1.29 is 4.79 Å². The third-order valence-corrected chi connectivity index (χ3v) is 2.71. The van der Waals surface area contributed by atoms with Gasteiger partial charge in [0.1, 0.15) is 0 Å². The summed E-state index contributed by atoms with van der Waals surface area (Å²) in [7, 11) is 0. The van der Waals surface area contributed by atoms with E-state index in [2.05, 4.69) is 0 Å². The van der Waals surface area contributed by atoms with Crippen molar-refractivity contribution in [2.75, 3.05) is 0 Å². The predicted molar refractivity (Wildman–Crippen MR) is 66.6 cm³/mol. The average molecular weight is 210 g/mol. The van der Waals surface area contributed by atoms with Crippen LogP contribution in [0.1, 0.15) is 22.8 Å². The van der Waals surface area contributed by atoms with Gasteiger partial charge in [0.15, 0.2) is 5.78 Å². The molecule has 0 amide bonds. The third-order valence-electron chi connectivity index (χ3n) is 2.71. The summed E-state index contributed by atoms with van der Waals surface area (Å²) in [4.78, 5) is 11.6. The van der Waals surface area contributed by atoms with Gasteiger partial charge in [0.05, 0.1) is 0 Å². The number of carbonyl (C=O) groups excluding carboxylic acids is 1. The van der Waals surface area contributed by atoms with E-state index in [4.69, 9.17) is 0 Å². The minimum Gasteiger partial charge on any atom is -0.294 e. The zero-order valence-corrected chi connectivity index (χ0v) is 9.53. The van der Waals surface area contributed by atoms with E-state index in [0.717, 1.165) is 22.3 Å². The molecule has 0 aliphatic carbocycles. The Labute approximate surface area is 95.7 Å². The van der Waals surface area contributed by atoms with Gasteiger partial charge in [0, 0.05) is 5.56 Å². The van der Waals surface area contributed by atoms with Gasteiger partial charge in [-0.2, -0.15) is 0 Å². The van der Waals surface area contributed by atoms with Crippen LogP contribution in [0.5, 0.6) is 0 Å². The normalized spacial score (nSPS) is 10.1. The SMILES string of the molecule is CC(=O)c1cccc(C)c1-c1ccccc1. The van der Waals surface area contributed by atoms with Crippen LogP contribution in [0.3, 0.4) is 0 Å². The van der Waals surface area contributed by atoms with E-state index in [-0.39, 0.29) is 5.78 Å². The Balaban J connectivity index is 2.68. The fourth-order valence-electron chi connectivity index (χ4n) is 1.95. The predicted octanol–water partition coefficient (Wildman–Crippen LogP) is 3.86. The maximum absolute atomic E-state index is 11.6. The van der Waals surface area contributed by atoms with Crippen molar-refractivity contribution >= 4 is 5.78 Å². The molecule has 0 aliphatic heterocycles. The smallest absolute Gasteiger partial charge is 0.160 e. The fraction of sp³-hybridized carbons (Fsp3) is 0.133. The first-order valence-electron chi connectivity index (χ1n) is 5.36. The van der Waals surface area contributed by atoms with E-state index in [1.165, 1.54) is 0 Å². The zero-order valence-electron chi connectivity index (χ0n) is 9.53. The number of aryl methyl sites for hydroxylation is 1. The van der Waals surface area contributed by atoms with Crippen LogP contribution in [-0.4, -0.2) is 5.78 Å². The van der Waals surface area contributed by atoms with Crippen molar-refractivity contribution in [2.45, 2.75) is 13.8 Å². The minimum absolute atomic E-state index is 0.113. The Morgan fingerprint density at radius 2 is 1.62 bits per heavy atom. The molecule has 16 heavy (non-hydrogen) atoms. The van der Waals surface area contributed by atoms with Gasteiger partial charge in [-0.05, 0) is 30.5 Å². The Bertz CT molecular complexity index is 512.